The van der Waals surface area contributed by atoms with E-state index in [4.69, 9.17) is 55.7 Å². The molecule has 4 fully saturated rings. The Morgan fingerprint density at radius 3 is 1.64 bits per heavy atom. The van der Waals surface area contributed by atoms with Crippen LogP contribution in [0.1, 0.15) is 133 Å². The van der Waals surface area contributed by atoms with E-state index in [-0.39, 0.29) is 92.8 Å². The van der Waals surface area contributed by atoms with Gasteiger partial charge in [-0.25, -0.2) is 0 Å². The summed E-state index contributed by atoms with van der Waals surface area (Å²) in [6.45, 7) is 18.0. The van der Waals surface area contributed by atoms with Crippen molar-refractivity contribution in [2.24, 2.45) is 79.7 Å². The first kappa shape index (κ1) is 54.0. The van der Waals surface area contributed by atoms with E-state index in [1.54, 1.807) is 0 Å². The average molecular weight is 963 g/mol. The number of hydrogen-bond donors (Lipinski definition) is 7. The van der Waals surface area contributed by atoms with Crippen molar-refractivity contribution in [3.63, 3.8) is 0 Å². The second kappa shape index (κ2) is 19.9. The molecule has 371 valence electrons. The Morgan fingerprint density at radius 2 is 1.12 bits per heavy atom. The first-order valence-corrected chi connectivity index (χ1v) is 23.0. The summed E-state index contributed by atoms with van der Waals surface area (Å²) in [5, 5.41) is 25.2. The monoisotopic (exact) mass is 963 g/mol. The largest absolute Gasteiger partial charge is 0.685 e. The van der Waals surface area contributed by atoms with Gasteiger partial charge in [0, 0.05) is 68.3 Å². The van der Waals surface area contributed by atoms with Crippen LogP contribution < -0.4 is 39.7 Å². The minimum absolute atomic E-state index is 0. The molecule has 1 radical (unpaired) electrons. The van der Waals surface area contributed by atoms with Gasteiger partial charge in [-0.3, -0.25) is 33.6 Å². The zero-order chi connectivity index (χ0) is 48.8. The molecule has 5 heterocycles. The smallest absolute Gasteiger partial charge is 0.220 e. The maximum atomic E-state index is 13.5. The van der Waals surface area contributed by atoms with E-state index in [1.807, 2.05) is 54.5 Å². The summed E-state index contributed by atoms with van der Waals surface area (Å²) in [6.07, 6.45) is 2.72. The van der Waals surface area contributed by atoms with Crippen LogP contribution in [0.5, 0.6) is 0 Å². The maximum Gasteiger partial charge on any atom is 0.220 e. The van der Waals surface area contributed by atoms with Crippen LogP contribution in [0.3, 0.4) is 0 Å². The summed E-state index contributed by atoms with van der Waals surface area (Å²) in [6, 6.07) is -2.79. The average Bonchev–Trinajstić information content (AvgIpc) is 3.78. The van der Waals surface area contributed by atoms with E-state index >= 15 is 0 Å². The van der Waals surface area contributed by atoms with Gasteiger partial charge in [0.05, 0.1) is 0 Å². The van der Waals surface area contributed by atoms with Crippen molar-refractivity contribution in [1.82, 2.24) is 5.32 Å². The fraction of sp³-hybridized carbons (Fsp3) is 0.723. The molecule has 66 heavy (non-hydrogen) atoms. The summed E-state index contributed by atoms with van der Waals surface area (Å²) in [5.41, 5.74) is 33.9. The van der Waals surface area contributed by atoms with Crippen molar-refractivity contribution in [2.75, 3.05) is 6.54 Å². The van der Waals surface area contributed by atoms with E-state index in [9.17, 15) is 33.6 Å². The molecule has 12 atom stereocenters. The number of amides is 7. The Labute approximate surface area is 400 Å². The number of carbonyl (C=O) groups is 7. The number of carbonyl (C=O) groups excluding carboxylic acids is 7. The molecular formula is C47H73CoN11O7-4. The fourth-order valence-electron chi connectivity index (χ4n) is 12.9. The standard InChI is InChI=1S/C47H73N11O7.Co/c1-10-54-37(65)17-18-44(6)28(19-34(51)62)42-47(9)46(8,22-36(53)64)27(13-16-33(50)61)39(58-47)24(3)41-45(7,21-35(52)63)25(11-14-31(48)59)29(55-41)20-30-43(4,5)26(12-15-32(49)60)38(56-30)23(2)40(44)57-42;/h20,25-29,38-39,42H,10-19,21-22H2,1-9H3,(H2,48,59)(H2,49,60)(H2,50,61)(H2,51,62)(H2,52,63)(H2,53,64)(H,54,65);/q-4;/b30-20-,40-23-,41-24-;/t25-,26-,27-,28+,29?,38?,39?,42-,44-,45+,46+,47+;/m1./s1. The molecule has 0 saturated carbocycles. The van der Waals surface area contributed by atoms with Crippen molar-refractivity contribution in [1.29, 1.82) is 0 Å². The molecule has 0 aliphatic carbocycles. The third-order valence-electron chi connectivity index (χ3n) is 16.5. The van der Waals surface area contributed by atoms with E-state index in [2.05, 4.69) is 19.2 Å². The molecule has 8 bridgehead atoms. The Kier molecular flexibility index (Phi) is 16.3. The van der Waals surface area contributed by atoms with Gasteiger partial charge in [0.1, 0.15) is 0 Å². The summed E-state index contributed by atoms with van der Waals surface area (Å²) in [5.74, 6) is -5.55. The van der Waals surface area contributed by atoms with E-state index < -0.39 is 105 Å². The third-order valence-corrected chi connectivity index (χ3v) is 16.5. The third kappa shape index (κ3) is 9.84. The number of nitrogens with one attached hydrogen (secondary N) is 1. The predicted octanol–water partition coefficient (Wildman–Crippen LogP) is 4.06. The van der Waals surface area contributed by atoms with Crippen LogP contribution in [-0.4, -0.2) is 77.6 Å². The topological polar surface area (TPSA) is 344 Å². The molecule has 5 rings (SSSR count). The first-order chi connectivity index (χ1) is 30.1. The minimum Gasteiger partial charge on any atom is -0.685 e. The zero-order valence-corrected chi connectivity index (χ0v) is 41.2. The van der Waals surface area contributed by atoms with Crippen molar-refractivity contribution >= 4 is 41.4 Å². The Balaban J connectivity index is 0.00000952. The molecule has 18 nitrogen and oxygen atoms in total. The van der Waals surface area contributed by atoms with Crippen LogP contribution >= 0.6 is 0 Å². The maximum absolute atomic E-state index is 13.5. The van der Waals surface area contributed by atoms with Crippen LogP contribution in [0.2, 0.25) is 0 Å². The van der Waals surface area contributed by atoms with Gasteiger partial charge in [-0.15, -0.1) is 34.8 Å². The van der Waals surface area contributed by atoms with Gasteiger partial charge in [0.25, 0.3) is 0 Å². The van der Waals surface area contributed by atoms with Crippen LogP contribution in [-0.2, 0) is 50.3 Å². The van der Waals surface area contributed by atoms with E-state index in [0.717, 1.165) is 5.57 Å². The van der Waals surface area contributed by atoms with Crippen molar-refractivity contribution in [3.8, 4) is 0 Å². The number of rotatable bonds is 19. The van der Waals surface area contributed by atoms with Crippen molar-refractivity contribution < 1.29 is 50.3 Å². The molecule has 0 spiro atoms. The normalized spacial score (nSPS) is 38.2. The summed E-state index contributed by atoms with van der Waals surface area (Å²) < 4.78 is 0. The molecule has 5 aliphatic heterocycles. The SMILES string of the molecule is CCNC(=O)CC[C@@]1(C)/C2=C(\C)C3[N-]/C(=C\C4[N-]/C(=C(/C)C5[N-][C@@](C)([C@H]([N-]2)[C@@H]1CC(N)=O)[C@@](C)(CC(N)=O)[C@@H]5CCC(N)=O)[C@@](C)(CC(N)=O)[C@@H]4CCC(N)=O)C(C)(C)[C@@H]3CCC(N)=O.[Co]. The van der Waals surface area contributed by atoms with Crippen molar-refractivity contribution in [2.45, 2.75) is 163 Å². The van der Waals surface area contributed by atoms with Gasteiger partial charge in [0.15, 0.2) is 0 Å². The van der Waals surface area contributed by atoms with Gasteiger partial charge in [-0.05, 0) is 91.8 Å². The van der Waals surface area contributed by atoms with Gasteiger partial charge in [0.2, 0.25) is 41.4 Å². The second-order valence-corrected chi connectivity index (χ2v) is 20.9. The molecule has 4 saturated heterocycles. The number of hydrogen-bond acceptors (Lipinski definition) is 7. The van der Waals surface area contributed by atoms with Gasteiger partial charge in [-0.1, -0.05) is 53.6 Å². The van der Waals surface area contributed by atoms with Crippen molar-refractivity contribution in [3.05, 3.63) is 55.6 Å². The second-order valence-electron chi connectivity index (χ2n) is 20.9. The predicted molar refractivity (Wildman–Crippen MR) is 247 cm³/mol. The molecule has 0 aromatic heterocycles. The summed E-state index contributed by atoms with van der Waals surface area (Å²) >= 11 is 0. The van der Waals surface area contributed by atoms with E-state index in [0.29, 0.717) is 35.6 Å². The quantitative estimate of drug-likeness (QED) is 0.0994. The van der Waals surface area contributed by atoms with Crippen LogP contribution in [0.25, 0.3) is 21.3 Å². The minimum atomic E-state index is -1.31. The Morgan fingerprint density at radius 1 is 0.606 bits per heavy atom. The van der Waals surface area contributed by atoms with Crippen LogP contribution in [0, 0.1) is 45.3 Å². The number of allylic oxidation sites excluding steroid dienone is 3. The van der Waals surface area contributed by atoms with Crippen LogP contribution in [0.4, 0.5) is 0 Å². The molecule has 5 aliphatic rings. The molecule has 0 aromatic carbocycles. The van der Waals surface area contributed by atoms with Gasteiger partial charge < -0.3 is 61.0 Å². The molecule has 3 unspecified atom stereocenters. The van der Waals surface area contributed by atoms with E-state index in [1.165, 1.54) is 0 Å². The Hall–Kier alpha value is -4.62. The van der Waals surface area contributed by atoms with Gasteiger partial charge in [-0.2, -0.15) is 17.1 Å². The number of nitrogens with zero attached hydrogens (tertiary/aromatic N) is 4. The molecule has 13 N–H and O–H groups in total. The fourth-order valence-corrected chi connectivity index (χ4v) is 12.9. The molecule has 7 amide bonds. The number of nitrogens with two attached hydrogens (primary N) is 6. The first-order valence-electron chi connectivity index (χ1n) is 23.0. The zero-order valence-electron chi connectivity index (χ0n) is 40.1. The number of primary amides is 6. The molecule has 0 aromatic rings. The number of fused-ring (bicyclic) bond motifs is 9. The molecule has 19 heteroatoms. The van der Waals surface area contributed by atoms with Gasteiger partial charge >= 0.3 is 0 Å². The van der Waals surface area contributed by atoms with Crippen LogP contribution in [0.15, 0.2) is 34.3 Å². The Bertz CT molecular complexity index is 2070. The summed E-state index contributed by atoms with van der Waals surface area (Å²) in [7, 11) is 0. The molecular weight excluding hydrogens is 890 g/mol. The summed E-state index contributed by atoms with van der Waals surface area (Å²) in [4.78, 5) is 91.0.